The Morgan fingerprint density at radius 2 is 2.00 bits per heavy atom. The lowest BCUT2D eigenvalue weighted by Gasteiger charge is -2.18. The molecule has 1 aliphatic heterocycles. The van der Waals surface area contributed by atoms with Gasteiger partial charge >= 0.3 is 0 Å². The van der Waals surface area contributed by atoms with Gasteiger partial charge in [-0.25, -0.2) is 0 Å². The largest absolute Gasteiger partial charge is 0.303 e. The monoisotopic (exact) mass is 260 g/mol. The highest BCUT2D eigenvalue weighted by atomic mass is 16.2. The first kappa shape index (κ1) is 13.7. The van der Waals surface area contributed by atoms with Gasteiger partial charge in [-0.3, -0.25) is 14.5 Å². The number of carbonyl (C=O) groups is 2. The molecule has 1 saturated heterocycles. The molecule has 1 heterocycles. The number of nitrogens with one attached hydrogen (secondary N) is 1. The van der Waals surface area contributed by atoms with Crippen LogP contribution in [0.1, 0.15) is 25.8 Å². The van der Waals surface area contributed by atoms with Gasteiger partial charge in [0.25, 0.3) is 0 Å². The highest BCUT2D eigenvalue weighted by Gasteiger charge is 2.37. The van der Waals surface area contributed by atoms with E-state index in [1.165, 1.54) is 10.5 Å². The molecule has 4 heteroatoms. The maximum absolute atomic E-state index is 12.0. The normalized spacial score (nSPS) is 20.9. The number of rotatable bonds is 5. The van der Waals surface area contributed by atoms with Crippen LogP contribution in [-0.2, 0) is 16.0 Å². The average Bonchev–Trinajstić information content (AvgIpc) is 2.65. The molecule has 0 saturated carbocycles. The number of amides is 2. The molecule has 1 aromatic rings. The molecular weight excluding hydrogens is 240 g/mol. The van der Waals surface area contributed by atoms with Crippen molar-refractivity contribution in [2.75, 3.05) is 6.54 Å². The van der Waals surface area contributed by atoms with E-state index < -0.39 is 0 Å². The minimum atomic E-state index is -0.355. The van der Waals surface area contributed by atoms with Crippen LogP contribution in [0.2, 0.25) is 0 Å². The first-order chi connectivity index (χ1) is 9.11. The van der Waals surface area contributed by atoms with E-state index in [1.54, 1.807) is 0 Å². The third-order valence-electron chi connectivity index (χ3n) is 3.43. The second-order valence-electron chi connectivity index (χ2n) is 4.99. The summed E-state index contributed by atoms with van der Waals surface area (Å²) in [6.07, 6.45) is 1.14. The van der Waals surface area contributed by atoms with Crippen LogP contribution < -0.4 is 5.32 Å². The van der Waals surface area contributed by atoms with E-state index in [9.17, 15) is 9.59 Å². The topological polar surface area (TPSA) is 49.4 Å². The van der Waals surface area contributed by atoms with E-state index in [1.807, 2.05) is 32.0 Å². The van der Waals surface area contributed by atoms with Gasteiger partial charge in [-0.1, -0.05) is 30.3 Å². The highest BCUT2D eigenvalue weighted by molar-refractivity contribution is 6.05. The summed E-state index contributed by atoms with van der Waals surface area (Å²) >= 11 is 0. The zero-order valence-corrected chi connectivity index (χ0v) is 11.4. The van der Waals surface area contributed by atoms with Crippen molar-refractivity contribution in [3.8, 4) is 0 Å². The third-order valence-corrected chi connectivity index (χ3v) is 3.43. The summed E-state index contributed by atoms with van der Waals surface area (Å²) in [5.74, 6) is -0.163. The van der Waals surface area contributed by atoms with Gasteiger partial charge in [-0.15, -0.1) is 0 Å². The van der Waals surface area contributed by atoms with Gasteiger partial charge in [0.1, 0.15) is 0 Å². The van der Waals surface area contributed by atoms with Gasteiger partial charge in [0.15, 0.2) is 0 Å². The zero-order valence-electron chi connectivity index (χ0n) is 11.4. The predicted octanol–water partition coefficient (Wildman–Crippen LogP) is 1.35. The molecule has 0 radical (unpaired) electrons. The molecule has 1 N–H and O–H groups in total. The summed E-state index contributed by atoms with van der Waals surface area (Å²) < 4.78 is 0. The maximum Gasteiger partial charge on any atom is 0.246 e. The van der Waals surface area contributed by atoms with Crippen LogP contribution >= 0.6 is 0 Å². The van der Waals surface area contributed by atoms with Gasteiger partial charge in [-0.2, -0.15) is 0 Å². The summed E-state index contributed by atoms with van der Waals surface area (Å²) in [5.41, 5.74) is 1.23. The molecule has 1 aromatic carbocycles. The second-order valence-corrected chi connectivity index (χ2v) is 4.99. The van der Waals surface area contributed by atoms with Gasteiger partial charge in [0.05, 0.1) is 12.5 Å². The lowest BCUT2D eigenvalue weighted by atomic mass is 10.1. The second kappa shape index (κ2) is 5.97. The molecule has 0 aromatic heterocycles. The van der Waals surface area contributed by atoms with Crippen molar-refractivity contribution >= 4 is 11.8 Å². The van der Waals surface area contributed by atoms with Crippen LogP contribution in [0.15, 0.2) is 30.3 Å². The molecule has 0 spiro atoms. The van der Waals surface area contributed by atoms with Crippen molar-refractivity contribution in [2.45, 2.75) is 38.8 Å². The molecular formula is C15H20N2O2. The van der Waals surface area contributed by atoms with Crippen LogP contribution in [0, 0.1) is 0 Å². The molecule has 2 amide bonds. The molecule has 102 valence electrons. The molecule has 2 unspecified atom stereocenters. The zero-order chi connectivity index (χ0) is 13.8. The molecule has 1 aliphatic rings. The fraction of sp³-hybridized carbons (Fsp3) is 0.467. The smallest absolute Gasteiger partial charge is 0.246 e. The Balaban J connectivity index is 1.91. The molecule has 19 heavy (non-hydrogen) atoms. The van der Waals surface area contributed by atoms with E-state index in [4.69, 9.17) is 0 Å². The Hall–Kier alpha value is -1.68. The first-order valence-corrected chi connectivity index (χ1v) is 6.76. The Morgan fingerprint density at radius 1 is 1.32 bits per heavy atom. The Morgan fingerprint density at radius 3 is 2.58 bits per heavy atom. The van der Waals surface area contributed by atoms with Crippen LogP contribution in [0.4, 0.5) is 0 Å². The fourth-order valence-corrected chi connectivity index (χ4v) is 2.52. The number of imide groups is 1. The van der Waals surface area contributed by atoms with E-state index in [0.29, 0.717) is 6.54 Å². The van der Waals surface area contributed by atoms with E-state index in [0.717, 1.165) is 6.42 Å². The van der Waals surface area contributed by atoms with Crippen molar-refractivity contribution in [1.29, 1.82) is 0 Å². The van der Waals surface area contributed by atoms with Crippen molar-refractivity contribution in [3.05, 3.63) is 35.9 Å². The van der Waals surface area contributed by atoms with Crippen LogP contribution in [0.5, 0.6) is 0 Å². The molecule has 2 atom stereocenters. The van der Waals surface area contributed by atoms with Crippen LogP contribution in [-0.4, -0.2) is 35.3 Å². The summed E-state index contributed by atoms with van der Waals surface area (Å²) in [5, 5.41) is 3.26. The molecule has 2 rings (SSSR count). The fourth-order valence-electron chi connectivity index (χ4n) is 2.52. The lowest BCUT2D eigenvalue weighted by Crippen LogP contribution is -2.43. The molecule has 4 nitrogen and oxygen atoms in total. The van der Waals surface area contributed by atoms with Crippen molar-refractivity contribution in [1.82, 2.24) is 10.2 Å². The minimum absolute atomic E-state index is 0.0723. The number of carbonyl (C=O) groups excluding carboxylic acids is 2. The Kier molecular flexibility index (Phi) is 4.32. The number of hydrogen-bond acceptors (Lipinski definition) is 3. The number of nitrogens with zero attached hydrogens (tertiary/aromatic N) is 1. The van der Waals surface area contributed by atoms with Gasteiger partial charge in [0, 0.05) is 12.6 Å². The van der Waals surface area contributed by atoms with Crippen molar-refractivity contribution < 1.29 is 9.59 Å². The summed E-state index contributed by atoms with van der Waals surface area (Å²) in [6, 6.07) is 9.94. The SMILES string of the molecule is CCN1C(=O)CC(NC(C)Cc2ccccc2)C1=O. The van der Waals surface area contributed by atoms with Crippen molar-refractivity contribution in [3.63, 3.8) is 0 Å². The van der Waals surface area contributed by atoms with Gasteiger partial charge < -0.3 is 5.32 Å². The molecule has 0 bridgehead atoms. The number of hydrogen-bond donors (Lipinski definition) is 1. The summed E-state index contributed by atoms with van der Waals surface area (Å²) in [4.78, 5) is 24.9. The summed E-state index contributed by atoms with van der Waals surface area (Å²) in [7, 11) is 0. The van der Waals surface area contributed by atoms with Gasteiger partial charge in [-0.05, 0) is 25.8 Å². The average molecular weight is 260 g/mol. The highest BCUT2D eigenvalue weighted by Crippen LogP contribution is 2.14. The third kappa shape index (κ3) is 3.20. The predicted molar refractivity (Wildman–Crippen MR) is 73.5 cm³/mol. The van der Waals surface area contributed by atoms with E-state index in [-0.39, 0.29) is 30.3 Å². The molecule has 0 aliphatic carbocycles. The summed E-state index contributed by atoms with van der Waals surface area (Å²) in [6.45, 7) is 4.33. The number of benzene rings is 1. The van der Waals surface area contributed by atoms with E-state index >= 15 is 0 Å². The van der Waals surface area contributed by atoms with E-state index in [2.05, 4.69) is 17.4 Å². The Bertz CT molecular complexity index is 458. The Labute approximate surface area is 113 Å². The van der Waals surface area contributed by atoms with Crippen LogP contribution in [0.25, 0.3) is 0 Å². The van der Waals surface area contributed by atoms with Crippen LogP contribution in [0.3, 0.4) is 0 Å². The standard InChI is InChI=1S/C15H20N2O2/c1-3-17-14(18)10-13(15(17)19)16-11(2)9-12-7-5-4-6-8-12/h4-8,11,13,16H,3,9-10H2,1-2H3. The lowest BCUT2D eigenvalue weighted by molar-refractivity contribution is -0.138. The van der Waals surface area contributed by atoms with Crippen molar-refractivity contribution in [2.24, 2.45) is 0 Å². The number of likely N-dealkylation sites (tertiary alicyclic amines) is 1. The maximum atomic E-state index is 12.0. The number of likely N-dealkylation sites (N-methyl/N-ethyl adjacent to an activating group) is 1. The van der Waals surface area contributed by atoms with Gasteiger partial charge in [0.2, 0.25) is 11.8 Å². The minimum Gasteiger partial charge on any atom is -0.303 e. The molecule has 1 fully saturated rings. The first-order valence-electron chi connectivity index (χ1n) is 6.76. The quantitative estimate of drug-likeness (QED) is 0.813.